The van der Waals surface area contributed by atoms with Crippen LogP contribution in [0.3, 0.4) is 0 Å². The van der Waals surface area contributed by atoms with E-state index in [1.54, 1.807) is 6.20 Å². The highest BCUT2D eigenvalue weighted by Crippen LogP contribution is 2.24. The summed E-state index contributed by atoms with van der Waals surface area (Å²) in [6.07, 6.45) is 7.52. The summed E-state index contributed by atoms with van der Waals surface area (Å²) in [5.74, 6) is 0.684. The van der Waals surface area contributed by atoms with Gasteiger partial charge in [0.15, 0.2) is 0 Å². The highest BCUT2D eigenvalue weighted by Gasteiger charge is 2.21. The van der Waals surface area contributed by atoms with Crippen molar-refractivity contribution in [1.82, 2.24) is 19.7 Å². The maximum Gasteiger partial charge on any atom is 0.222 e. The van der Waals surface area contributed by atoms with E-state index in [-0.39, 0.29) is 0 Å². The van der Waals surface area contributed by atoms with Gasteiger partial charge in [0.1, 0.15) is 0 Å². The van der Waals surface area contributed by atoms with E-state index in [1.165, 1.54) is 11.1 Å². The van der Waals surface area contributed by atoms with E-state index in [0.29, 0.717) is 12.0 Å². The third-order valence-corrected chi connectivity index (χ3v) is 4.15. The van der Waals surface area contributed by atoms with Gasteiger partial charge in [-0.15, -0.1) is 0 Å². The maximum atomic E-state index is 4.44. The summed E-state index contributed by atoms with van der Waals surface area (Å²) >= 11 is 0. The summed E-state index contributed by atoms with van der Waals surface area (Å²) < 4.78 is 1.82. The van der Waals surface area contributed by atoms with E-state index in [9.17, 15) is 0 Å². The average molecular weight is 291 g/mol. The third-order valence-electron chi connectivity index (χ3n) is 4.15. The van der Waals surface area contributed by atoms with Crippen LogP contribution in [0, 0.1) is 0 Å². The fourth-order valence-electron chi connectivity index (χ4n) is 3.04. The highest BCUT2D eigenvalue weighted by atomic mass is 15.3. The molecule has 2 aromatic heterocycles. The van der Waals surface area contributed by atoms with Crippen LogP contribution in [-0.4, -0.2) is 25.8 Å². The van der Waals surface area contributed by atoms with Gasteiger partial charge in [-0.25, -0.2) is 9.97 Å². The molecule has 2 heterocycles. The number of nitrogens with one attached hydrogen (secondary N) is 1. The van der Waals surface area contributed by atoms with Crippen LogP contribution in [0.2, 0.25) is 0 Å². The number of nitrogens with zero attached hydrogens (tertiary/aromatic N) is 4. The first-order valence-corrected chi connectivity index (χ1v) is 7.43. The molecule has 0 radical (unpaired) electrons. The fourth-order valence-corrected chi connectivity index (χ4v) is 3.04. The van der Waals surface area contributed by atoms with E-state index >= 15 is 0 Å². The molecule has 1 N–H and O–H groups in total. The third kappa shape index (κ3) is 2.35. The second-order valence-electron chi connectivity index (χ2n) is 5.65. The Hall–Kier alpha value is -2.69. The number of anilines is 1. The second kappa shape index (κ2) is 5.26. The predicted octanol–water partition coefficient (Wildman–Crippen LogP) is 2.46. The van der Waals surface area contributed by atoms with Gasteiger partial charge < -0.3 is 5.32 Å². The van der Waals surface area contributed by atoms with E-state index in [1.807, 2.05) is 30.2 Å². The van der Waals surface area contributed by atoms with Gasteiger partial charge >= 0.3 is 0 Å². The van der Waals surface area contributed by atoms with Crippen molar-refractivity contribution in [3.05, 3.63) is 60.0 Å². The normalized spacial score (nSPS) is 14.0. The molecule has 1 aliphatic rings. The van der Waals surface area contributed by atoms with Gasteiger partial charge in [0.2, 0.25) is 5.95 Å². The summed E-state index contributed by atoms with van der Waals surface area (Å²) in [5.41, 5.74) is 4.83. The van der Waals surface area contributed by atoms with E-state index in [4.69, 9.17) is 0 Å². The van der Waals surface area contributed by atoms with Crippen molar-refractivity contribution < 1.29 is 0 Å². The molecule has 1 aromatic carbocycles. The Morgan fingerprint density at radius 2 is 1.73 bits per heavy atom. The van der Waals surface area contributed by atoms with Gasteiger partial charge in [0, 0.05) is 37.2 Å². The summed E-state index contributed by atoms with van der Waals surface area (Å²) in [7, 11) is 1.91. The van der Waals surface area contributed by atoms with Crippen molar-refractivity contribution >= 4 is 5.95 Å². The van der Waals surface area contributed by atoms with Gasteiger partial charge in [-0.2, -0.15) is 5.10 Å². The number of hydrogen-bond acceptors (Lipinski definition) is 4. The smallest absolute Gasteiger partial charge is 0.222 e. The first kappa shape index (κ1) is 13.0. The molecule has 0 saturated carbocycles. The zero-order valence-electron chi connectivity index (χ0n) is 12.4. The molecule has 0 bridgehead atoms. The average Bonchev–Trinajstić information content (AvgIpc) is 3.13. The molecule has 0 saturated heterocycles. The molecule has 4 rings (SSSR count). The number of fused-ring (bicyclic) bond motifs is 1. The number of aromatic nitrogens is 4. The molecule has 5 nitrogen and oxygen atoms in total. The van der Waals surface area contributed by atoms with E-state index in [2.05, 4.69) is 44.6 Å². The molecule has 1 aliphatic carbocycles. The zero-order chi connectivity index (χ0) is 14.9. The standard InChI is InChI=1S/C17H17N5/c1-22-16(6-7-20-22)14-10-18-17(19-11-14)21-15-8-12-4-2-3-5-13(12)9-15/h2-7,10-11,15H,8-9H2,1H3,(H,18,19,21). The molecule has 0 aliphatic heterocycles. The molecule has 5 heteroatoms. The number of hydrogen-bond donors (Lipinski definition) is 1. The van der Waals surface area contributed by atoms with E-state index < -0.39 is 0 Å². The SMILES string of the molecule is Cn1nccc1-c1cnc(NC2Cc3ccccc3C2)nc1. The quantitative estimate of drug-likeness (QED) is 0.805. The monoisotopic (exact) mass is 291 g/mol. The summed E-state index contributed by atoms with van der Waals surface area (Å²) in [6, 6.07) is 10.9. The number of benzene rings is 1. The minimum absolute atomic E-state index is 0.375. The maximum absolute atomic E-state index is 4.44. The van der Waals surface area contributed by atoms with Crippen molar-refractivity contribution in [2.45, 2.75) is 18.9 Å². The van der Waals surface area contributed by atoms with Crippen LogP contribution in [-0.2, 0) is 19.9 Å². The summed E-state index contributed by atoms with van der Waals surface area (Å²) in [6.45, 7) is 0. The molecular weight excluding hydrogens is 274 g/mol. The van der Waals surface area contributed by atoms with Crippen molar-refractivity contribution in [1.29, 1.82) is 0 Å². The number of rotatable bonds is 3. The molecule has 22 heavy (non-hydrogen) atoms. The van der Waals surface area contributed by atoms with Crippen molar-refractivity contribution in [3.8, 4) is 11.3 Å². The van der Waals surface area contributed by atoms with Gasteiger partial charge in [0.25, 0.3) is 0 Å². The Labute approximate surface area is 129 Å². The minimum atomic E-state index is 0.375. The van der Waals surface area contributed by atoms with Gasteiger partial charge in [-0.1, -0.05) is 24.3 Å². The fraction of sp³-hybridized carbons (Fsp3) is 0.235. The zero-order valence-corrected chi connectivity index (χ0v) is 12.4. The Kier molecular flexibility index (Phi) is 3.11. The molecule has 0 atom stereocenters. The van der Waals surface area contributed by atoms with Crippen LogP contribution < -0.4 is 5.32 Å². The lowest BCUT2D eigenvalue weighted by atomic mass is 10.1. The highest BCUT2D eigenvalue weighted by molar-refractivity contribution is 5.57. The molecule has 0 fully saturated rings. The van der Waals surface area contributed by atoms with Gasteiger partial charge in [0.05, 0.1) is 5.69 Å². The van der Waals surface area contributed by atoms with E-state index in [0.717, 1.165) is 24.1 Å². The lowest BCUT2D eigenvalue weighted by Gasteiger charge is -2.12. The Balaban J connectivity index is 1.48. The molecule has 0 amide bonds. The van der Waals surface area contributed by atoms with Crippen molar-refractivity contribution in [2.75, 3.05) is 5.32 Å². The summed E-state index contributed by atoms with van der Waals surface area (Å²) in [4.78, 5) is 8.88. The first-order chi connectivity index (χ1) is 10.8. The van der Waals surface area contributed by atoms with Crippen LogP contribution in [0.1, 0.15) is 11.1 Å². The first-order valence-electron chi connectivity index (χ1n) is 7.43. The molecular formula is C17H17N5. The number of aryl methyl sites for hydroxylation is 1. The summed E-state index contributed by atoms with van der Waals surface area (Å²) in [5, 5.41) is 7.60. The Morgan fingerprint density at radius 3 is 2.32 bits per heavy atom. The van der Waals surface area contributed by atoms with Crippen LogP contribution >= 0.6 is 0 Å². The van der Waals surface area contributed by atoms with Gasteiger partial charge in [-0.05, 0) is 30.0 Å². The molecule has 3 aromatic rings. The van der Waals surface area contributed by atoms with Crippen LogP contribution in [0.4, 0.5) is 5.95 Å². The Morgan fingerprint density at radius 1 is 1.05 bits per heavy atom. The van der Waals surface area contributed by atoms with Crippen LogP contribution in [0.15, 0.2) is 48.9 Å². The minimum Gasteiger partial charge on any atom is -0.351 e. The lowest BCUT2D eigenvalue weighted by Crippen LogP contribution is -2.21. The molecule has 0 unspecified atom stereocenters. The van der Waals surface area contributed by atoms with Crippen molar-refractivity contribution in [2.24, 2.45) is 7.05 Å². The Bertz CT molecular complexity index is 766. The van der Waals surface area contributed by atoms with Crippen LogP contribution in [0.25, 0.3) is 11.3 Å². The lowest BCUT2D eigenvalue weighted by molar-refractivity contribution is 0.760. The topological polar surface area (TPSA) is 55.6 Å². The predicted molar refractivity (Wildman–Crippen MR) is 85.5 cm³/mol. The van der Waals surface area contributed by atoms with Crippen molar-refractivity contribution in [3.63, 3.8) is 0 Å². The molecule has 110 valence electrons. The second-order valence-corrected chi connectivity index (χ2v) is 5.65. The largest absolute Gasteiger partial charge is 0.351 e. The van der Waals surface area contributed by atoms with Crippen LogP contribution in [0.5, 0.6) is 0 Å². The van der Waals surface area contributed by atoms with Gasteiger partial charge in [-0.3, -0.25) is 4.68 Å². The molecule has 0 spiro atoms.